The number of hydrogen-bond acceptors (Lipinski definition) is 7. The average Bonchev–Trinajstić information content (AvgIpc) is 3.33. The molecule has 0 radical (unpaired) electrons. The molecule has 1 unspecified atom stereocenters. The molecule has 1 fully saturated rings. The molecule has 0 amide bonds. The van der Waals surface area contributed by atoms with E-state index in [-0.39, 0.29) is 11.9 Å². The summed E-state index contributed by atoms with van der Waals surface area (Å²) < 4.78 is 49.9. The first-order valence-corrected chi connectivity index (χ1v) is 13.1. The highest BCUT2D eigenvalue weighted by Crippen LogP contribution is 2.27. The first kappa shape index (κ1) is 25.4. The van der Waals surface area contributed by atoms with Gasteiger partial charge < -0.3 is 18.9 Å². The first-order valence-electron chi connectivity index (χ1n) is 11.4. The SMILES string of the molecule is COCCOc1ccc(CCCS(=O)(=O)NCCc2ccccn2)c(OCC2CCCO2)c1. The number of nitrogens with one attached hydrogen (secondary N) is 1. The lowest BCUT2D eigenvalue weighted by molar-refractivity contribution is 0.0674. The molecule has 1 aromatic carbocycles. The number of benzene rings is 1. The monoisotopic (exact) mass is 478 g/mol. The molecule has 2 aromatic rings. The van der Waals surface area contributed by atoms with Gasteiger partial charge in [-0.15, -0.1) is 0 Å². The zero-order chi connectivity index (χ0) is 23.4. The Kier molecular flexibility index (Phi) is 10.4. The maximum Gasteiger partial charge on any atom is 0.211 e. The Labute approximate surface area is 196 Å². The van der Waals surface area contributed by atoms with Crippen molar-refractivity contribution in [2.75, 3.05) is 45.8 Å². The van der Waals surface area contributed by atoms with Gasteiger partial charge in [0.1, 0.15) is 24.7 Å². The molecule has 2 heterocycles. The largest absolute Gasteiger partial charge is 0.491 e. The molecule has 0 bridgehead atoms. The van der Waals surface area contributed by atoms with E-state index in [2.05, 4.69) is 9.71 Å². The molecule has 33 heavy (non-hydrogen) atoms. The van der Waals surface area contributed by atoms with E-state index in [1.165, 1.54) is 0 Å². The fourth-order valence-corrected chi connectivity index (χ4v) is 4.65. The molecule has 1 N–H and O–H groups in total. The van der Waals surface area contributed by atoms with E-state index in [0.717, 1.165) is 30.7 Å². The summed E-state index contributed by atoms with van der Waals surface area (Å²) in [7, 11) is -1.73. The fourth-order valence-electron chi connectivity index (χ4n) is 3.57. The van der Waals surface area contributed by atoms with E-state index >= 15 is 0 Å². The summed E-state index contributed by atoms with van der Waals surface area (Å²) in [4.78, 5) is 4.21. The van der Waals surface area contributed by atoms with Gasteiger partial charge in [0.25, 0.3) is 0 Å². The minimum absolute atomic E-state index is 0.0481. The number of aromatic nitrogens is 1. The van der Waals surface area contributed by atoms with Gasteiger partial charge in [0.15, 0.2) is 0 Å². The Morgan fingerprint density at radius 1 is 1.15 bits per heavy atom. The van der Waals surface area contributed by atoms with Crippen LogP contribution in [0.15, 0.2) is 42.6 Å². The highest BCUT2D eigenvalue weighted by Gasteiger charge is 2.18. The van der Waals surface area contributed by atoms with Gasteiger partial charge in [-0.1, -0.05) is 12.1 Å². The number of aryl methyl sites for hydroxylation is 1. The third kappa shape index (κ3) is 9.29. The second-order valence-corrected chi connectivity index (χ2v) is 9.87. The summed E-state index contributed by atoms with van der Waals surface area (Å²) in [6.07, 6.45) is 5.47. The third-order valence-corrected chi connectivity index (χ3v) is 6.80. The molecule has 1 aromatic heterocycles. The van der Waals surface area contributed by atoms with Crippen molar-refractivity contribution in [1.82, 2.24) is 9.71 Å². The number of pyridine rings is 1. The van der Waals surface area contributed by atoms with E-state index in [4.69, 9.17) is 18.9 Å². The fraction of sp³-hybridized carbons (Fsp3) is 0.542. The summed E-state index contributed by atoms with van der Waals surface area (Å²) in [5.74, 6) is 1.45. The highest BCUT2D eigenvalue weighted by atomic mass is 32.2. The van der Waals surface area contributed by atoms with Gasteiger partial charge in [-0.2, -0.15) is 0 Å². The molecular weight excluding hydrogens is 444 g/mol. The number of methoxy groups -OCH3 is 1. The zero-order valence-corrected chi connectivity index (χ0v) is 20.0. The van der Waals surface area contributed by atoms with Crippen LogP contribution in [0.2, 0.25) is 0 Å². The standard InChI is InChI=1S/C24H34N2O6S/c1-29-15-16-31-22-10-9-20(24(18-22)32-19-23-8-4-14-30-23)6-5-17-33(27,28)26-13-11-21-7-2-3-12-25-21/h2-3,7,9-10,12,18,23,26H,4-6,8,11,13-17,19H2,1H3. The summed E-state index contributed by atoms with van der Waals surface area (Å²) in [5, 5.41) is 0. The second-order valence-electron chi connectivity index (χ2n) is 7.94. The molecule has 182 valence electrons. The van der Waals surface area contributed by atoms with Gasteiger partial charge in [0.05, 0.1) is 18.5 Å². The van der Waals surface area contributed by atoms with E-state index in [0.29, 0.717) is 57.1 Å². The molecule has 1 aliphatic rings. The van der Waals surface area contributed by atoms with Crippen LogP contribution in [0.5, 0.6) is 11.5 Å². The molecule has 0 spiro atoms. The summed E-state index contributed by atoms with van der Waals surface area (Å²) in [5.41, 5.74) is 1.82. The number of hydrogen-bond donors (Lipinski definition) is 1. The van der Waals surface area contributed by atoms with Crippen LogP contribution in [0.25, 0.3) is 0 Å². The molecular formula is C24H34N2O6S. The Balaban J connectivity index is 1.51. The Hall–Kier alpha value is -2.20. The molecule has 1 atom stereocenters. The molecule has 8 nitrogen and oxygen atoms in total. The quantitative estimate of drug-likeness (QED) is 0.393. The van der Waals surface area contributed by atoms with Crippen molar-refractivity contribution in [3.8, 4) is 11.5 Å². The van der Waals surface area contributed by atoms with Gasteiger partial charge in [-0.05, 0) is 49.4 Å². The smallest absolute Gasteiger partial charge is 0.211 e. The minimum Gasteiger partial charge on any atom is -0.491 e. The Morgan fingerprint density at radius 3 is 2.82 bits per heavy atom. The van der Waals surface area contributed by atoms with Crippen LogP contribution >= 0.6 is 0 Å². The average molecular weight is 479 g/mol. The molecule has 0 aliphatic carbocycles. The normalized spacial score (nSPS) is 16.1. The van der Waals surface area contributed by atoms with Gasteiger partial charge in [0, 0.05) is 44.6 Å². The first-order chi connectivity index (χ1) is 16.1. The van der Waals surface area contributed by atoms with Crippen molar-refractivity contribution < 1.29 is 27.4 Å². The molecule has 9 heteroatoms. The van der Waals surface area contributed by atoms with E-state index in [1.54, 1.807) is 13.3 Å². The van der Waals surface area contributed by atoms with Crippen molar-refractivity contribution in [3.05, 3.63) is 53.9 Å². The summed E-state index contributed by atoms with van der Waals surface area (Å²) >= 11 is 0. The van der Waals surface area contributed by atoms with E-state index in [1.807, 2.05) is 36.4 Å². The van der Waals surface area contributed by atoms with Crippen LogP contribution in [0, 0.1) is 0 Å². The topological polar surface area (TPSA) is 96.0 Å². The molecule has 0 saturated carbocycles. The van der Waals surface area contributed by atoms with Crippen LogP contribution in [0.1, 0.15) is 30.5 Å². The van der Waals surface area contributed by atoms with Crippen molar-refractivity contribution in [2.45, 2.75) is 38.2 Å². The van der Waals surface area contributed by atoms with E-state index < -0.39 is 10.0 Å². The maximum atomic E-state index is 12.4. The molecule has 1 saturated heterocycles. The van der Waals surface area contributed by atoms with Crippen molar-refractivity contribution in [3.63, 3.8) is 0 Å². The van der Waals surface area contributed by atoms with E-state index in [9.17, 15) is 8.42 Å². The van der Waals surface area contributed by atoms with Gasteiger partial charge >= 0.3 is 0 Å². The van der Waals surface area contributed by atoms with Crippen molar-refractivity contribution in [2.24, 2.45) is 0 Å². The zero-order valence-electron chi connectivity index (χ0n) is 19.2. The van der Waals surface area contributed by atoms with Crippen molar-refractivity contribution >= 4 is 10.0 Å². The van der Waals surface area contributed by atoms with Gasteiger partial charge in [-0.25, -0.2) is 13.1 Å². The Bertz CT molecular complexity index is 933. The van der Waals surface area contributed by atoms with Gasteiger partial charge in [-0.3, -0.25) is 4.98 Å². The number of rotatable bonds is 15. The highest BCUT2D eigenvalue weighted by molar-refractivity contribution is 7.89. The van der Waals surface area contributed by atoms with Crippen LogP contribution < -0.4 is 14.2 Å². The van der Waals surface area contributed by atoms with Crippen LogP contribution in [-0.2, 0) is 32.3 Å². The third-order valence-electron chi connectivity index (χ3n) is 5.33. The van der Waals surface area contributed by atoms with Gasteiger partial charge in [0.2, 0.25) is 10.0 Å². The van der Waals surface area contributed by atoms with Crippen LogP contribution in [0.3, 0.4) is 0 Å². The maximum absolute atomic E-state index is 12.4. The van der Waals surface area contributed by atoms with Crippen LogP contribution in [0.4, 0.5) is 0 Å². The predicted molar refractivity (Wildman–Crippen MR) is 126 cm³/mol. The second kappa shape index (κ2) is 13.5. The number of sulfonamides is 1. The van der Waals surface area contributed by atoms with Crippen LogP contribution in [-0.4, -0.2) is 65.3 Å². The molecule has 3 rings (SSSR count). The molecule has 1 aliphatic heterocycles. The number of ether oxygens (including phenoxy) is 4. The predicted octanol–water partition coefficient (Wildman–Crippen LogP) is 2.76. The summed E-state index contributed by atoms with van der Waals surface area (Å²) in [6.45, 7) is 2.53. The minimum atomic E-state index is -3.36. The lowest BCUT2D eigenvalue weighted by Gasteiger charge is -2.16. The number of nitrogens with zero attached hydrogens (tertiary/aromatic N) is 1. The lowest BCUT2D eigenvalue weighted by Crippen LogP contribution is -2.28. The Morgan fingerprint density at radius 2 is 2.06 bits per heavy atom. The lowest BCUT2D eigenvalue weighted by atomic mass is 10.1. The van der Waals surface area contributed by atoms with Crippen molar-refractivity contribution in [1.29, 1.82) is 0 Å². The summed E-state index contributed by atoms with van der Waals surface area (Å²) in [6, 6.07) is 11.3.